The van der Waals surface area contributed by atoms with Gasteiger partial charge in [-0.15, -0.1) is 0 Å². The number of esters is 1. The van der Waals surface area contributed by atoms with Crippen LogP contribution in [0.4, 0.5) is 5.69 Å². The van der Waals surface area contributed by atoms with Gasteiger partial charge in [0.05, 0.1) is 11.3 Å². The number of carbonyl (C=O) groups excluding carboxylic acids is 2. The first kappa shape index (κ1) is 7.79. The monoisotopic (exact) mass is 177 g/mol. The third-order valence-electron chi connectivity index (χ3n) is 1.76. The van der Waals surface area contributed by atoms with Crippen molar-refractivity contribution in [2.24, 2.45) is 0 Å². The van der Waals surface area contributed by atoms with Crippen LogP contribution in [-0.4, -0.2) is 18.5 Å². The quantitative estimate of drug-likeness (QED) is 0.596. The Hall–Kier alpha value is -1.84. The Balaban J connectivity index is 2.49. The fraction of sp³-hybridized carbons (Fsp3) is 0.111. The van der Waals surface area contributed by atoms with E-state index in [-0.39, 0.29) is 12.5 Å². The van der Waals surface area contributed by atoms with Crippen LogP contribution in [0.5, 0.6) is 0 Å². The number of carbonyl (C=O) groups is 2. The second kappa shape index (κ2) is 2.90. The van der Waals surface area contributed by atoms with Gasteiger partial charge in [0.25, 0.3) is 5.91 Å². The lowest BCUT2D eigenvalue weighted by Gasteiger charge is -2.01. The standard InChI is InChI=1S/C9H7NO3/c11-8-5-13-9(12)6-3-1-2-4-7(6)10-8/h1-4H,5H2,(H,10,11). The molecule has 0 aliphatic carbocycles. The van der Waals surface area contributed by atoms with Crippen LogP contribution < -0.4 is 5.32 Å². The summed E-state index contributed by atoms with van der Waals surface area (Å²) in [7, 11) is 0. The van der Waals surface area contributed by atoms with Gasteiger partial charge in [0.2, 0.25) is 0 Å². The van der Waals surface area contributed by atoms with Gasteiger partial charge in [-0.2, -0.15) is 0 Å². The minimum Gasteiger partial charge on any atom is -0.452 e. The number of nitrogens with one attached hydrogen (secondary N) is 1. The van der Waals surface area contributed by atoms with Gasteiger partial charge in [0, 0.05) is 0 Å². The average Bonchev–Trinajstić information content (AvgIpc) is 2.27. The normalized spacial score (nSPS) is 15.4. The minimum absolute atomic E-state index is 0.215. The highest BCUT2D eigenvalue weighted by Crippen LogP contribution is 2.18. The molecule has 4 heteroatoms. The van der Waals surface area contributed by atoms with Crippen molar-refractivity contribution in [2.75, 3.05) is 11.9 Å². The molecule has 0 atom stereocenters. The van der Waals surface area contributed by atoms with Crippen LogP contribution in [0.3, 0.4) is 0 Å². The van der Waals surface area contributed by atoms with Gasteiger partial charge < -0.3 is 10.1 Å². The zero-order valence-corrected chi connectivity index (χ0v) is 6.74. The van der Waals surface area contributed by atoms with Crippen LogP contribution in [0.1, 0.15) is 10.4 Å². The van der Waals surface area contributed by atoms with E-state index >= 15 is 0 Å². The fourth-order valence-electron chi connectivity index (χ4n) is 1.17. The third kappa shape index (κ3) is 1.38. The van der Waals surface area contributed by atoms with Gasteiger partial charge in [-0.25, -0.2) is 4.79 Å². The molecule has 0 saturated carbocycles. The molecular formula is C9H7NO3. The molecule has 1 heterocycles. The number of hydrogen-bond acceptors (Lipinski definition) is 3. The topological polar surface area (TPSA) is 55.4 Å². The smallest absolute Gasteiger partial charge is 0.340 e. The first-order valence-electron chi connectivity index (χ1n) is 3.83. The van der Waals surface area contributed by atoms with Gasteiger partial charge in [-0.3, -0.25) is 4.79 Å². The summed E-state index contributed by atoms with van der Waals surface area (Å²) in [4.78, 5) is 22.2. The summed E-state index contributed by atoms with van der Waals surface area (Å²) >= 11 is 0. The van der Waals surface area contributed by atoms with Crippen molar-refractivity contribution in [3.05, 3.63) is 29.8 Å². The molecule has 1 aromatic carbocycles. The Kier molecular flexibility index (Phi) is 1.73. The van der Waals surface area contributed by atoms with Crippen molar-refractivity contribution >= 4 is 17.6 Å². The Morgan fingerprint density at radius 2 is 2.00 bits per heavy atom. The van der Waals surface area contributed by atoms with Crippen LogP contribution in [0, 0.1) is 0 Å². The summed E-state index contributed by atoms with van der Waals surface area (Å²) < 4.78 is 4.69. The molecule has 13 heavy (non-hydrogen) atoms. The predicted molar refractivity (Wildman–Crippen MR) is 45.4 cm³/mol. The van der Waals surface area contributed by atoms with Gasteiger partial charge >= 0.3 is 5.97 Å². The van der Waals surface area contributed by atoms with Crippen LogP contribution >= 0.6 is 0 Å². The number of benzene rings is 1. The molecule has 1 aromatic rings. The summed E-state index contributed by atoms with van der Waals surface area (Å²) in [6.45, 7) is -0.215. The first-order valence-corrected chi connectivity index (χ1v) is 3.83. The van der Waals surface area contributed by atoms with Crippen molar-refractivity contribution in [1.29, 1.82) is 0 Å². The van der Waals surface area contributed by atoms with Gasteiger partial charge in [-0.05, 0) is 12.1 Å². The number of hydrogen-bond donors (Lipinski definition) is 1. The molecule has 0 saturated heterocycles. The maximum Gasteiger partial charge on any atom is 0.340 e. The van der Waals surface area contributed by atoms with E-state index < -0.39 is 5.97 Å². The molecular weight excluding hydrogens is 170 g/mol. The molecule has 4 nitrogen and oxygen atoms in total. The Labute approximate surface area is 74.5 Å². The maximum atomic E-state index is 11.2. The number of fused-ring (bicyclic) bond motifs is 1. The molecule has 0 radical (unpaired) electrons. The lowest BCUT2D eigenvalue weighted by molar-refractivity contribution is -0.119. The van der Waals surface area contributed by atoms with E-state index in [1.165, 1.54) is 0 Å². The summed E-state index contributed by atoms with van der Waals surface area (Å²) in [6.07, 6.45) is 0. The van der Waals surface area contributed by atoms with E-state index in [4.69, 9.17) is 4.74 Å². The summed E-state index contributed by atoms with van der Waals surface area (Å²) in [6, 6.07) is 6.75. The van der Waals surface area contributed by atoms with E-state index in [2.05, 4.69) is 5.32 Å². The Morgan fingerprint density at radius 3 is 2.85 bits per heavy atom. The van der Waals surface area contributed by atoms with E-state index in [1.54, 1.807) is 24.3 Å². The van der Waals surface area contributed by atoms with E-state index in [0.717, 1.165) is 0 Å². The summed E-state index contributed by atoms with van der Waals surface area (Å²) in [5.41, 5.74) is 0.906. The molecule has 2 rings (SSSR count). The average molecular weight is 177 g/mol. The van der Waals surface area contributed by atoms with Crippen molar-refractivity contribution < 1.29 is 14.3 Å². The zero-order chi connectivity index (χ0) is 9.26. The third-order valence-corrected chi connectivity index (χ3v) is 1.76. The number of ether oxygens (including phenoxy) is 1. The molecule has 1 N–H and O–H groups in total. The van der Waals surface area contributed by atoms with Crippen LogP contribution in [0.25, 0.3) is 0 Å². The van der Waals surface area contributed by atoms with Gasteiger partial charge in [0.1, 0.15) is 0 Å². The van der Waals surface area contributed by atoms with E-state index in [1.807, 2.05) is 0 Å². The molecule has 1 amide bonds. The summed E-state index contributed by atoms with van der Waals surface area (Å²) in [5, 5.41) is 2.57. The summed E-state index contributed by atoms with van der Waals surface area (Å²) in [5.74, 6) is -0.771. The van der Waals surface area contributed by atoms with Crippen LogP contribution in [-0.2, 0) is 9.53 Å². The molecule has 0 spiro atoms. The first-order chi connectivity index (χ1) is 6.27. The van der Waals surface area contributed by atoms with Crippen LogP contribution in [0.2, 0.25) is 0 Å². The number of cyclic esters (lactones) is 1. The molecule has 66 valence electrons. The predicted octanol–water partition coefficient (Wildman–Crippen LogP) is 0.796. The molecule has 0 aromatic heterocycles. The Morgan fingerprint density at radius 1 is 1.23 bits per heavy atom. The fourth-order valence-corrected chi connectivity index (χ4v) is 1.17. The highest BCUT2D eigenvalue weighted by molar-refractivity contribution is 6.05. The van der Waals surface area contributed by atoms with E-state index in [0.29, 0.717) is 11.3 Å². The lowest BCUT2D eigenvalue weighted by Crippen LogP contribution is -2.15. The number of amides is 1. The molecule has 0 bridgehead atoms. The highest BCUT2D eigenvalue weighted by atomic mass is 16.5. The number of anilines is 1. The largest absolute Gasteiger partial charge is 0.452 e. The van der Waals surface area contributed by atoms with Crippen molar-refractivity contribution in [1.82, 2.24) is 0 Å². The van der Waals surface area contributed by atoms with Crippen molar-refractivity contribution in [3.63, 3.8) is 0 Å². The van der Waals surface area contributed by atoms with Crippen molar-refractivity contribution in [2.45, 2.75) is 0 Å². The second-order valence-electron chi connectivity index (χ2n) is 2.67. The molecule has 0 fully saturated rings. The van der Waals surface area contributed by atoms with Gasteiger partial charge in [-0.1, -0.05) is 12.1 Å². The Bertz CT molecular complexity index is 373. The number of para-hydroxylation sites is 1. The molecule has 1 aliphatic rings. The SMILES string of the molecule is O=C1COC(=O)c2ccccc2N1. The van der Waals surface area contributed by atoms with Crippen molar-refractivity contribution in [3.8, 4) is 0 Å². The second-order valence-corrected chi connectivity index (χ2v) is 2.67. The highest BCUT2D eigenvalue weighted by Gasteiger charge is 2.19. The van der Waals surface area contributed by atoms with E-state index in [9.17, 15) is 9.59 Å². The molecule has 0 unspecified atom stereocenters. The maximum absolute atomic E-state index is 11.2. The number of rotatable bonds is 0. The molecule has 1 aliphatic heterocycles. The minimum atomic E-state index is -0.464. The van der Waals surface area contributed by atoms with Gasteiger partial charge in [0.15, 0.2) is 6.61 Å². The lowest BCUT2D eigenvalue weighted by atomic mass is 10.2. The zero-order valence-electron chi connectivity index (χ0n) is 6.74. The van der Waals surface area contributed by atoms with Crippen LogP contribution in [0.15, 0.2) is 24.3 Å².